The molecule has 0 spiro atoms. The van der Waals surface area contributed by atoms with Crippen LogP contribution in [0.25, 0.3) is 0 Å². The van der Waals surface area contributed by atoms with Crippen LogP contribution >= 0.6 is 0 Å². The quantitative estimate of drug-likeness (QED) is 0.841. The highest BCUT2D eigenvalue weighted by Crippen LogP contribution is 2.55. The molecule has 0 amide bonds. The second kappa shape index (κ2) is 4.90. The van der Waals surface area contributed by atoms with E-state index in [1.807, 2.05) is 13.1 Å². The Hall–Kier alpha value is -1.06. The Morgan fingerprint density at radius 1 is 1.33 bits per heavy atom. The Bertz CT molecular complexity index is 438. The highest BCUT2D eigenvalue weighted by Gasteiger charge is 2.49. The monoisotopic (exact) mass is 249 g/mol. The van der Waals surface area contributed by atoms with Gasteiger partial charge in [0.2, 0.25) is 0 Å². The van der Waals surface area contributed by atoms with E-state index in [1.54, 1.807) is 7.11 Å². The molecule has 0 radical (unpaired) electrons. The van der Waals surface area contributed by atoms with Gasteiger partial charge in [-0.3, -0.25) is 0 Å². The third-order valence-electron chi connectivity index (χ3n) is 4.42. The maximum Gasteiger partial charge on any atom is 0.122 e. The minimum atomic E-state index is 0.0422. The molecule has 3 nitrogen and oxygen atoms in total. The molecule has 2 N–H and O–H groups in total. The minimum Gasteiger partial charge on any atom is -0.496 e. The second-order valence-electron chi connectivity index (χ2n) is 5.35. The summed E-state index contributed by atoms with van der Waals surface area (Å²) in [4.78, 5) is 0. The summed E-state index contributed by atoms with van der Waals surface area (Å²) >= 11 is 0. The van der Waals surface area contributed by atoms with Crippen LogP contribution in [-0.4, -0.2) is 25.9 Å². The summed E-state index contributed by atoms with van der Waals surface area (Å²) in [5, 5.41) is 13.0. The van der Waals surface area contributed by atoms with Crippen molar-refractivity contribution in [2.45, 2.75) is 32.7 Å². The van der Waals surface area contributed by atoms with Crippen molar-refractivity contribution in [3.05, 3.63) is 28.8 Å². The number of aliphatic hydroxyl groups excluding tert-OH is 1. The topological polar surface area (TPSA) is 41.5 Å². The highest BCUT2D eigenvalue weighted by molar-refractivity contribution is 5.45. The van der Waals surface area contributed by atoms with Crippen molar-refractivity contribution in [1.82, 2.24) is 5.32 Å². The molecule has 1 atom stereocenters. The highest BCUT2D eigenvalue weighted by atomic mass is 16.5. The van der Waals surface area contributed by atoms with Gasteiger partial charge >= 0.3 is 0 Å². The van der Waals surface area contributed by atoms with Gasteiger partial charge in [0.05, 0.1) is 13.7 Å². The van der Waals surface area contributed by atoms with Crippen molar-refractivity contribution in [3.63, 3.8) is 0 Å². The molecule has 0 aromatic heterocycles. The predicted molar refractivity (Wildman–Crippen MR) is 73.0 cm³/mol. The molecule has 1 unspecified atom stereocenters. The molecule has 1 aromatic rings. The van der Waals surface area contributed by atoms with Gasteiger partial charge in [0, 0.05) is 11.5 Å². The standard InChI is InChI=1S/C15H23NO2/c1-10-11(2)13(18-4)6-5-12(10)14(16-3)15(9-17)7-8-15/h5-6,14,16-17H,7-9H2,1-4H3. The van der Waals surface area contributed by atoms with Crippen LogP contribution in [0.5, 0.6) is 5.75 Å². The predicted octanol–water partition coefficient (Wildman–Crippen LogP) is 2.35. The van der Waals surface area contributed by atoms with E-state index in [9.17, 15) is 5.11 Å². The number of benzene rings is 1. The van der Waals surface area contributed by atoms with E-state index in [0.29, 0.717) is 0 Å². The van der Waals surface area contributed by atoms with Crippen molar-refractivity contribution >= 4 is 0 Å². The number of methoxy groups -OCH3 is 1. The van der Waals surface area contributed by atoms with Gasteiger partial charge in [0.15, 0.2) is 0 Å². The van der Waals surface area contributed by atoms with Gasteiger partial charge in [-0.2, -0.15) is 0 Å². The van der Waals surface area contributed by atoms with Gasteiger partial charge in [-0.05, 0) is 56.5 Å². The summed E-state index contributed by atoms with van der Waals surface area (Å²) in [6.07, 6.45) is 2.19. The summed E-state index contributed by atoms with van der Waals surface area (Å²) < 4.78 is 5.35. The molecule has 0 bridgehead atoms. The number of aliphatic hydroxyl groups is 1. The summed E-state index contributed by atoms with van der Waals surface area (Å²) in [6.45, 7) is 4.47. The smallest absolute Gasteiger partial charge is 0.122 e. The van der Waals surface area contributed by atoms with Crippen molar-refractivity contribution < 1.29 is 9.84 Å². The average molecular weight is 249 g/mol. The largest absolute Gasteiger partial charge is 0.496 e. The fourth-order valence-corrected chi connectivity index (χ4v) is 2.84. The molecule has 1 aromatic carbocycles. The first-order chi connectivity index (χ1) is 8.59. The van der Waals surface area contributed by atoms with Crippen LogP contribution in [0.1, 0.15) is 35.6 Å². The fourth-order valence-electron chi connectivity index (χ4n) is 2.84. The van der Waals surface area contributed by atoms with Crippen LogP contribution in [0.3, 0.4) is 0 Å². The molecule has 1 fully saturated rings. The van der Waals surface area contributed by atoms with E-state index in [1.165, 1.54) is 16.7 Å². The summed E-state index contributed by atoms with van der Waals surface area (Å²) in [7, 11) is 3.67. The fraction of sp³-hybridized carbons (Fsp3) is 0.600. The van der Waals surface area contributed by atoms with Crippen molar-refractivity contribution in [2.24, 2.45) is 5.41 Å². The van der Waals surface area contributed by atoms with Crippen molar-refractivity contribution in [2.75, 3.05) is 20.8 Å². The summed E-state index contributed by atoms with van der Waals surface area (Å²) in [5.41, 5.74) is 3.76. The van der Waals surface area contributed by atoms with Crippen LogP contribution in [0.2, 0.25) is 0 Å². The van der Waals surface area contributed by atoms with E-state index >= 15 is 0 Å². The summed E-state index contributed by atoms with van der Waals surface area (Å²) in [6, 6.07) is 4.38. The maximum absolute atomic E-state index is 9.62. The first-order valence-electron chi connectivity index (χ1n) is 6.52. The van der Waals surface area contributed by atoms with Crippen molar-refractivity contribution in [3.8, 4) is 5.75 Å². The van der Waals surface area contributed by atoms with E-state index in [4.69, 9.17) is 4.74 Å². The molecule has 2 rings (SSSR count). The van der Waals surface area contributed by atoms with Gasteiger partial charge in [-0.15, -0.1) is 0 Å². The third-order valence-corrected chi connectivity index (χ3v) is 4.42. The minimum absolute atomic E-state index is 0.0422. The number of hydrogen-bond donors (Lipinski definition) is 2. The Morgan fingerprint density at radius 3 is 2.44 bits per heavy atom. The van der Waals surface area contributed by atoms with Crippen LogP contribution in [0.15, 0.2) is 12.1 Å². The number of nitrogens with one attached hydrogen (secondary N) is 1. The van der Waals surface area contributed by atoms with Crippen LogP contribution in [0, 0.1) is 19.3 Å². The average Bonchev–Trinajstić information content (AvgIpc) is 3.17. The lowest BCUT2D eigenvalue weighted by Gasteiger charge is -2.28. The molecule has 1 aliphatic carbocycles. The Morgan fingerprint density at radius 2 is 2.00 bits per heavy atom. The molecule has 3 heteroatoms. The first kappa shape index (κ1) is 13.4. The molecule has 18 heavy (non-hydrogen) atoms. The molecule has 0 saturated heterocycles. The van der Waals surface area contributed by atoms with Crippen LogP contribution < -0.4 is 10.1 Å². The van der Waals surface area contributed by atoms with Crippen LogP contribution in [0.4, 0.5) is 0 Å². The lowest BCUT2D eigenvalue weighted by molar-refractivity contribution is 0.175. The lowest BCUT2D eigenvalue weighted by Crippen LogP contribution is -2.30. The van der Waals surface area contributed by atoms with Crippen molar-refractivity contribution in [1.29, 1.82) is 0 Å². The zero-order chi connectivity index (χ0) is 13.3. The first-order valence-corrected chi connectivity index (χ1v) is 6.52. The maximum atomic E-state index is 9.62. The SMILES string of the molecule is CNC(c1ccc(OC)c(C)c1C)C1(CO)CC1. The van der Waals surface area contributed by atoms with E-state index in [2.05, 4.69) is 25.2 Å². The Balaban J connectivity index is 2.41. The van der Waals surface area contributed by atoms with Gasteiger partial charge in [0.25, 0.3) is 0 Å². The van der Waals surface area contributed by atoms with E-state index in [0.717, 1.165) is 18.6 Å². The lowest BCUT2D eigenvalue weighted by atomic mass is 9.86. The molecule has 1 aliphatic rings. The molecule has 1 saturated carbocycles. The molecular weight excluding hydrogens is 226 g/mol. The zero-order valence-electron chi connectivity index (χ0n) is 11.7. The molecule has 0 heterocycles. The molecule has 100 valence electrons. The van der Waals surface area contributed by atoms with Gasteiger partial charge in [-0.25, -0.2) is 0 Å². The Labute approximate surface area is 109 Å². The summed E-state index contributed by atoms with van der Waals surface area (Å²) in [5.74, 6) is 0.931. The van der Waals surface area contributed by atoms with Crippen LogP contribution in [-0.2, 0) is 0 Å². The van der Waals surface area contributed by atoms with E-state index in [-0.39, 0.29) is 18.1 Å². The third kappa shape index (κ3) is 2.02. The number of hydrogen-bond acceptors (Lipinski definition) is 3. The van der Waals surface area contributed by atoms with Gasteiger partial charge in [-0.1, -0.05) is 6.07 Å². The number of rotatable bonds is 5. The zero-order valence-corrected chi connectivity index (χ0v) is 11.7. The Kier molecular flexibility index (Phi) is 3.64. The molecular formula is C15H23NO2. The van der Waals surface area contributed by atoms with Gasteiger partial charge < -0.3 is 15.2 Å². The second-order valence-corrected chi connectivity index (χ2v) is 5.35. The number of ether oxygens (including phenoxy) is 1. The van der Waals surface area contributed by atoms with E-state index < -0.39 is 0 Å². The molecule has 0 aliphatic heterocycles. The normalized spacial score (nSPS) is 18.5. The van der Waals surface area contributed by atoms with Gasteiger partial charge in [0.1, 0.15) is 5.75 Å².